The summed E-state index contributed by atoms with van der Waals surface area (Å²) < 4.78 is 1.61. The van der Waals surface area contributed by atoms with E-state index in [9.17, 15) is 9.59 Å². The number of thiophene rings is 1. The molecule has 1 amide bonds. The predicted molar refractivity (Wildman–Crippen MR) is 146 cm³/mol. The fraction of sp³-hybridized carbons (Fsp3) is 0.148. The third-order valence-corrected chi connectivity index (χ3v) is 8.57. The highest BCUT2D eigenvalue weighted by molar-refractivity contribution is 7.99. The standard InChI is InChI=1S/C27H20ClN3O2S2/c28-17-11-13-18(14-12-17)31-26(33)24-20-8-4-10-22(20)35-25(24)30-27(31)34-15-23(32)29-21-9-3-6-16-5-1-2-7-19(16)21/h1-3,5-7,9,11-14H,4,8,10,15H2,(H,29,32). The number of thioether (sulfide) groups is 1. The number of aromatic nitrogens is 2. The number of amides is 1. The number of hydrogen-bond acceptors (Lipinski definition) is 5. The van der Waals surface area contributed by atoms with Gasteiger partial charge in [0, 0.05) is 21.0 Å². The first-order valence-electron chi connectivity index (χ1n) is 11.3. The number of carbonyl (C=O) groups is 1. The van der Waals surface area contributed by atoms with Gasteiger partial charge in [-0.15, -0.1) is 11.3 Å². The molecule has 5 nitrogen and oxygen atoms in total. The molecule has 0 aliphatic heterocycles. The molecule has 0 atom stereocenters. The summed E-state index contributed by atoms with van der Waals surface area (Å²) >= 11 is 8.96. The van der Waals surface area contributed by atoms with Crippen molar-refractivity contribution in [2.75, 3.05) is 11.1 Å². The third-order valence-electron chi connectivity index (χ3n) is 6.19. The van der Waals surface area contributed by atoms with E-state index in [0.29, 0.717) is 21.3 Å². The van der Waals surface area contributed by atoms with Crippen molar-refractivity contribution in [3.05, 3.63) is 92.5 Å². The molecular weight excluding hydrogens is 498 g/mol. The lowest BCUT2D eigenvalue weighted by molar-refractivity contribution is -0.113. The summed E-state index contributed by atoms with van der Waals surface area (Å²) in [6.45, 7) is 0. The Morgan fingerprint density at radius 1 is 1.06 bits per heavy atom. The zero-order chi connectivity index (χ0) is 23.9. The molecule has 1 aliphatic carbocycles. The van der Waals surface area contributed by atoms with Gasteiger partial charge in [0.1, 0.15) is 4.83 Å². The second-order valence-electron chi connectivity index (χ2n) is 8.41. The van der Waals surface area contributed by atoms with Crippen LogP contribution in [-0.2, 0) is 17.6 Å². The fourth-order valence-corrected chi connectivity index (χ4v) is 6.83. The smallest absolute Gasteiger partial charge is 0.267 e. The van der Waals surface area contributed by atoms with Crippen molar-refractivity contribution in [1.29, 1.82) is 0 Å². The molecule has 174 valence electrons. The topological polar surface area (TPSA) is 64.0 Å². The van der Waals surface area contributed by atoms with Crippen LogP contribution in [0, 0.1) is 0 Å². The Balaban J connectivity index is 1.35. The van der Waals surface area contributed by atoms with E-state index in [4.69, 9.17) is 16.6 Å². The lowest BCUT2D eigenvalue weighted by Crippen LogP contribution is -2.23. The Morgan fingerprint density at radius 3 is 2.71 bits per heavy atom. The summed E-state index contributed by atoms with van der Waals surface area (Å²) in [5.74, 6) is -0.0307. The van der Waals surface area contributed by atoms with E-state index in [1.807, 2.05) is 54.6 Å². The van der Waals surface area contributed by atoms with E-state index in [-0.39, 0.29) is 17.2 Å². The number of anilines is 1. The molecular formula is C27H20ClN3O2S2. The number of carbonyl (C=O) groups excluding carboxylic acids is 1. The molecule has 0 saturated heterocycles. The van der Waals surface area contributed by atoms with Crippen LogP contribution in [0.1, 0.15) is 16.9 Å². The molecule has 8 heteroatoms. The summed E-state index contributed by atoms with van der Waals surface area (Å²) in [5.41, 5.74) is 2.50. The Bertz CT molecular complexity index is 1650. The molecule has 0 spiro atoms. The van der Waals surface area contributed by atoms with Crippen molar-refractivity contribution < 1.29 is 4.79 Å². The van der Waals surface area contributed by atoms with Crippen molar-refractivity contribution in [2.45, 2.75) is 24.4 Å². The highest BCUT2D eigenvalue weighted by Gasteiger charge is 2.24. The summed E-state index contributed by atoms with van der Waals surface area (Å²) in [7, 11) is 0. The maximum atomic E-state index is 13.7. The van der Waals surface area contributed by atoms with Gasteiger partial charge in [-0.25, -0.2) is 4.98 Å². The first-order valence-corrected chi connectivity index (χ1v) is 13.5. The highest BCUT2D eigenvalue weighted by atomic mass is 35.5. The number of nitrogens with one attached hydrogen (secondary N) is 1. The number of fused-ring (bicyclic) bond motifs is 4. The molecule has 1 aliphatic rings. The zero-order valence-corrected chi connectivity index (χ0v) is 21.0. The fourth-order valence-electron chi connectivity index (χ4n) is 4.59. The number of halogens is 1. The zero-order valence-electron chi connectivity index (χ0n) is 18.6. The Kier molecular flexibility index (Phi) is 5.84. The first-order chi connectivity index (χ1) is 17.1. The van der Waals surface area contributed by atoms with Crippen molar-refractivity contribution in [3.8, 4) is 5.69 Å². The van der Waals surface area contributed by atoms with Gasteiger partial charge < -0.3 is 5.32 Å². The van der Waals surface area contributed by atoms with E-state index in [1.165, 1.54) is 16.6 Å². The second-order valence-corrected chi connectivity index (χ2v) is 10.9. The van der Waals surface area contributed by atoms with Gasteiger partial charge in [0.15, 0.2) is 5.16 Å². The number of hydrogen-bond donors (Lipinski definition) is 1. The largest absolute Gasteiger partial charge is 0.325 e. The van der Waals surface area contributed by atoms with Crippen LogP contribution >= 0.6 is 34.7 Å². The molecule has 6 rings (SSSR count). The van der Waals surface area contributed by atoms with Crippen molar-refractivity contribution in [3.63, 3.8) is 0 Å². The van der Waals surface area contributed by atoms with Gasteiger partial charge in [-0.05, 0) is 60.5 Å². The van der Waals surface area contributed by atoms with Crippen LogP contribution in [0.3, 0.4) is 0 Å². The van der Waals surface area contributed by atoms with Gasteiger partial charge in [-0.2, -0.15) is 0 Å². The molecule has 0 bridgehead atoms. The minimum absolute atomic E-state index is 0.0892. The van der Waals surface area contributed by atoms with Gasteiger partial charge >= 0.3 is 0 Å². The van der Waals surface area contributed by atoms with E-state index >= 15 is 0 Å². The molecule has 2 aromatic heterocycles. The van der Waals surface area contributed by atoms with Gasteiger partial charge in [-0.3, -0.25) is 14.2 Å². The Labute approximate surface area is 214 Å². The van der Waals surface area contributed by atoms with Crippen LogP contribution in [0.4, 0.5) is 5.69 Å². The third kappa shape index (κ3) is 4.14. The molecule has 3 aromatic carbocycles. The van der Waals surface area contributed by atoms with Crippen molar-refractivity contribution in [1.82, 2.24) is 9.55 Å². The van der Waals surface area contributed by atoms with Crippen LogP contribution in [0.25, 0.3) is 26.7 Å². The van der Waals surface area contributed by atoms with Crippen LogP contribution in [0.15, 0.2) is 76.7 Å². The number of rotatable bonds is 5. The van der Waals surface area contributed by atoms with Gasteiger partial charge in [0.05, 0.1) is 16.8 Å². The normalized spacial score (nSPS) is 12.8. The first kappa shape index (κ1) is 22.3. The van der Waals surface area contributed by atoms with Gasteiger partial charge in [0.25, 0.3) is 5.56 Å². The van der Waals surface area contributed by atoms with Crippen molar-refractivity contribution >= 4 is 67.3 Å². The van der Waals surface area contributed by atoms with Gasteiger partial charge in [-0.1, -0.05) is 59.8 Å². The lowest BCUT2D eigenvalue weighted by Gasteiger charge is -2.13. The SMILES string of the molecule is O=C(CSc1nc2sc3c(c2c(=O)n1-c1ccc(Cl)cc1)CCC3)Nc1cccc2ccccc12. The average molecular weight is 518 g/mol. The highest BCUT2D eigenvalue weighted by Crippen LogP contribution is 2.36. The summed E-state index contributed by atoms with van der Waals surface area (Å²) in [6, 6.07) is 20.9. The van der Waals surface area contributed by atoms with Crippen LogP contribution in [0.2, 0.25) is 5.02 Å². The molecule has 5 aromatic rings. The molecule has 2 heterocycles. The summed E-state index contributed by atoms with van der Waals surface area (Å²) in [6.07, 6.45) is 2.97. The molecule has 0 unspecified atom stereocenters. The summed E-state index contributed by atoms with van der Waals surface area (Å²) in [4.78, 5) is 33.5. The Morgan fingerprint density at radius 2 is 1.86 bits per heavy atom. The van der Waals surface area contributed by atoms with Crippen LogP contribution in [-0.4, -0.2) is 21.2 Å². The van der Waals surface area contributed by atoms with Crippen LogP contribution in [0.5, 0.6) is 0 Å². The summed E-state index contributed by atoms with van der Waals surface area (Å²) in [5, 5.41) is 6.86. The van der Waals surface area contributed by atoms with E-state index in [1.54, 1.807) is 28.0 Å². The monoisotopic (exact) mass is 517 g/mol. The maximum absolute atomic E-state index is 13.7. The molecule has 0 radical (unpaired) electrons. The number of benzene rings is 3. The maximum Gasteiger partial charge on any atom is 0.267 e. The van der Waals surface area contributed by atoms with Gasteiger partial charge in [0.2, 0.25) is 5.91 Å². The lowest BCUT2D eigenvalue weighted by atomic mass is 10.1. The van der Waals surface area contributed by atoms with E-state index < -0.39 is 0 Å². The second kappa shape index (κ2) is 9.15. The Hall–Kier alpha value is -3.13. The van der Waals surface area contributed by atoms with E-state index in [2.05, 4.69) is 5.32 Å². The predicted octanol–water partition coefficient (Wildman–Crippen LogP) is 6.47. The number of nitrogens with zero attached hydrogens (tertiary/aromatic N) is 2. The molecule has 35 heavy (non-hydrogen) atoms. The number of aryl methyl sites for hydroxylation is 2. The molecule has 0 saturated carbocycles. The average Bonchev–Trinajstić information content (AvgIpc) is 3.45. The van der Waals surface area contributed by atoms with Crippen molar-refractivity contribution in [2.24, 2.45) is 0 Å². The van der Waals surface area contributed by atoms with Crippen LogP contribution < -0.4 is 10.9 Å². The minimum Gasteiger partial charge on any atom is -0.325 e. The minimum atomic E-state index is -0.156. The quantitative estimate of drug-likeness (QED) is 0.214. The molecule has 1 N–H and O–H groups in total. The van der Waals surface area contributed by atoms with E-state index in [0.717, 1.165) is 46.1 Å². The molecule has 0 fully saturated rings.